The zero-order valence-electron chi connectivity index (χ0n) is 40.9. The van der Waals surface area contributed by atoms with Gasteiger partial charge in [-0.3, -0.25) is 14.7 Å². The summed E-state index contributed by atoms with van der Waals surface area (Å²) in [4.78, 5) is 10.3. The Balaban J connectivity index is 0.000000216. The number of unbranched alkanes of at least 4 members (excludes halogenated alkanes) is 2. The van der Waals surface area contributed by atoms with Gasteiger partial charge in [0.2, 0.25) is 0 Å². The molecular formula is C60H75F3N4O. The summed E-state index contributed by atoms with van der Waals surface area (Å²) in [5.41, 5.74) is 7.76. The second kappa shape index (κ2) is 28.9. The highest BCUT2D eigenvalue weighted by molar-refractivity contribution is 5.27. The smallest absolute Gasteiger partial charge is 0.123 e. The maximum Gasteiger partial charge on any atom is 0.123 e. The molecule has 6 aromatic carbocycles. The van der Waals surface area contributed by atoms with Gasteiger partial charge in [0, 0.05) is 77.5 Å². The Morgan fingerprint density at radius 3 is 1.29 bits per heavy atom. The van der Waals surface area contributed by atoms with E-state index in [-0.39, 0.29) is 17.5 Å². The summed E-state index contributed by atoms with van der Waals surface area (Å²) in [7, 11) is 1.70. The molecule has 0 aliphatic carbocycles. The van der Waals surface area contributed by atoms with Gasteiger partial charge < -0.3 is 9.64 Å². The van der Waals surface area contributed by atoms with E-state index in [1.54, 1.807) is 43.5 Å². The van der Waals surface area contributed by atoms with Crippen molar-refractivity contribution >= 4 is 0 Å². The fourth-order valence-corrected chi connectivity index (χ4v) is 9.57. The summed E-state index contributed by atoms with van der Waals surface area (Å²) in [6.07, 6.45) is 9.97. The van der Waals surface area contributed by atoms with Gasteiger partial charge in [0.1, 0.15) is 23.2 Å². The van der Waals surface area contributed by atoms with Gasteiger partial charge in [-0.1, -0.05) is 136 Å². The van der Waals surface area contributed by atoms with Crippen molar-refractivity contribution in [3.05, 3.63) is 209 Å². The molecular weight excluding hydrogens is 850 g/mol. The van der Waals surface area contributed by atoms with Gasteiger partial charge in [0.05, 0.1) is 7.11 Å². The highest BCUT2D eigenvalue weighted by atomic mass is 19.1. The van der Waals surface area contributed by atoms with E-state index < -0.39 is 0 Å². The Labute approximate surface area is 406 Å². The highest BCUT2D eigenvalue weighted by Crippen LogP contribution is 2.30. The van der Waals surface area contributed by atoms with Crippen LogP contribution in [-0.4, -0.2) is 85.6 Å². The number of hydrogen-bond donors (Lipinski definition) is 0. The average Bonchev–Trinajstić information content (AvgIpc) is 3.39. The van der Waals surface area contributed by atoms with E-state index in [4.69, 9.17) is 4.74 Å². The molecule has 0 radical (unpaired) electrons. The number of methoxy groups -OCH3 is 1. The van der Waals surface area contributed by atoms with E-state index in [0.29, 0.717) is 12.1 Å². The standard InChI is InChI=1S/C30H37FN2O.C28H32F2N2.C2H6/c1-34-29-17-11-26(12-18-29)9-5-6-10-30(27-13-15-28(31)16-14-27)33-23-21-32(22-24-33)20-19-25-7-3-2-4-8-25;29-26-14-10-23(11-15-26)6-4-5-9-28(25-7-2-1-3-8-25)32-20-18-31(19-21-32)22-24-12-16-27(30)17-13-24;1-2/h2-4,7-8,11-18,30H,5-6,9-10,19-24H2,1H3;1-3,7-8,10-17,28H,4-6,9,18-22H2;1-2H3. The molecule has 0 saturated carbocycles. The van der Waals surface area contributed by atoms with Crippen LogP contribution in [0.15, 0.2) is 158 Å². The average molecular weight is 925 g/mol. The van der Waals surface area contributed by atoms with Crippen LogP contribution < -0.4 is 4.74 Å². The number of rotatable bonds is 20. The third kappa shape index (κ3) is 17.4. The molecule has 2 saturated heterocycles. The Kier molecular flexibility index (Phi) is 22.2. The molecule has 0 aromatic heterocycles. The van der Waals surface area contributed by atoms with Crippen molar-refractivity contribution in [1.82, 2.24) is 19.6 Å². The lowest BCUT2D eigenvalue weighted by Crippen LogP contribution is -2.48. The number of nitrogens with zero attached hydrogens (tertiary/aromatic N) is 4. The molecule has 8 heteroatoms. The predicted octanol–water partition coefficient (Wildman–Crippen LogP) is 13.4. The molecule has 2 aliphatic heterocycles. The van der Waals surface area contributed by atoms with Crippen LogP contribution in [0.3, 0.4) is 0 Å². The molecule has 2 aliphatic rings. The highest BCUT2D eigenvalue weighted by Gasteiger charge is 2.26. The zero-order valence-corrected chi connectivity index (χ0v) is 40.9. The number of aryl methyl sites for hydroxylation is 2. The maximum atomic E-state index is 13.6. The van der Waals surface area contributed by atoms with Crippen LogP contribution in [0.1, 0.15) is 97.8 Å². The summed E-state index contributed by atoms with van der Waals surface area (Å²) in [6, 6.07) is 51.7. The van der Waals surface area contributed by atoms with Crippen LogP contribution in [0, 0.1) is 17.5 Å². The maximum absolute atomic E-state index is 13.6. The Morgan fingerprint density at radius 2 is 0.809 bits per heavy atom. The lowest BCUT2D eigenvalue weighted by atomic mass is 9.97. The fraction of sp³-hybridized carbons (Fsp3) is 0.400. The van der Waals surface area contributed by atoms with Crippen LogP contribution >= 0.6 is 0 Å². The minimum atomic E-state index is -0.177. The normalized spacial score (nSPS) is 15.6. The summed E-state index contributed by atoms with van der Waals surface area (Å²) in [5, 5.41) is 0. The quantitative estimate of drug-likeness (QED) is 0.0710. The van der Waals surface area contributed by atoms with Crippen molar-refractivity contribution in [2.75, 3.05) is 66.0 Å². The molecule has 0 N–H and O–H groups in total. The lowest BCUT2D eigenvalue weighted by molar-refractivity contribution is 0.0866. The molecule has 2 atom stereocenters. The fourth-order valence-electron chi connectivity index (χ4n) is 9.57. The van der Waals surface area contributed by atoms with Gasteiger partial charge in [-0.25, -0.2) is 13.2 Å². The van der Waals surface area contributed by atoms with E-state index in [1.165, 1.54) is 33.4 Å². The van der Waals surface area contributed by atoms with E-state index in [9.17, 15) is 13.2 Å². The minimum absolute atomic E-state index is 0.160. The molecule has 5 nitrogen and oxygen atoms in total. The zero-order chi connectivity index (χ0) is 47.8. The summed E-state index contributed by atoms with van der Waals surface area (Å²) >= 11 is 0. The van der Waals surface area contributed by atoms with Gasteiger partial charge >= 0.3 is 0 Å². The van der Waals surface area contributed by atoms with Gasteiger partial charge in [-0.2, -0.15) is 0 Å². The van der Waals surface area contributed by atoms with Crippen molar-refractivity contribution in [1.29, 1.82) is 0 Å². The monoisotopic (exact) mass is 925 g/mol. The lowest BCUT2D eigenvalue weighted by Gasteiger charge is -2.39. The van der Waals surface area contributed by atoms with E-state index in [1.807, 2.05) is 62.4 Å². The van der Waals surface area contributed by atoms with Crippen molar-refractivity contribution in [2.45, 2.75) is 90.3 Å². The SMILES string of the molecule is CC.COc1ccc(CCCCC(c2ccc(F)cc2)N2CCN(CCc3ccccc3)CC2)cc1.Fc1ccc(CCCCC(c2ccccc2)N2CCN(Cc3ccc(F)cc3)CC2)cc1. The second-order valence-corrected chi connectivity index (χ2v) is 18.0. The summed E-state index contributed by atoms with van der Waals surface area (Å²) in [6.45, 7) is 14.4. The molecule has 2 heterocycles. The van der Waals surface area contributed by atoms with Gasteiger partial charge in [-0.05, 0) is 127 Å². The van der Waals surface area contributed by atoms with Gasteiger partial charge in [0.15, 0.2) is 0 Å². The third-order valence-corrected chi connectivity index (χ3v) is 13.5. The molecule has 2 unspecified atom stereocenters. The van der Waals surface area contributed by atoms with Crippen LogP contribution in [-0.2, 0) is 25.8 Å². The van der Waals surface area contributed by atoms with Crippen molar-refractivity contribution in [3.63, 3.8) is 0 Å². The topological polar surface area (TPSA) is 22.2 Å². The number of piperazine rings is 2. The number of ether oxygens (including phenoxy) is 1. The Hall–Kier alpha value is -5.25. The number of benzene rings is 6. The van der Waals surface area contributed by atoms with Crippen molar-refractivity contribution < 1.29 is 17.9 Å². The largest absolute Gasteiger partial charge is 0.497 e. The molecule has 0 bridgehead atoms. The Morgan fingerprint density at radius 1 is 0.412 bits per heavy atom. The van der Waals surface area contributed by atoms with Crippen molar-refractivity contribution in [2.24, 2.45) is 0 Å². The van der Waals surface area contributed by atoms with E-state index >= 15 is 0 Å². The molecule has 6 aromatic rings. The van der Waals surface area contributed by atoms with Crippen LogP contribution in [0.4, 0.5) is 13.2 Å². The first-order valence-corrected chi connectivity index (χ1v) is 25.3. The van der Waals surface area contributed by atoms with Crippen LogP contribution in [0.25, 0.3) is 0 Å². The Bertz CT molecular complexity index is 2230. The van der Waals surface area contributed by atoms with Crippen LogP contribution in [0.5, 0.6) is 5.75 Å². The van der Waals surface area contributed by atoms with Gasteiger partial charge in [-0.15, -0.1) is 0 Å². The van der Waals surface area contributed by atoms with E-state index in [0.717, 1.165) is 129 Å². The van der Waals surface area contributed by atoms with E-state index in [2.05, 4.69) is 92.4 Å². The molecule has 362 valence electrons. The molecule has 8 rings (SSSR count). The summed E-state index contributed by atoms with van der Waals surface area (Å²) < 4.78 is 45.1. The molecule has 0 spiro atoms. The van der Waals surface area contributed by atoms with Gasteiger partial charge in [0.25, 0.3) is 0 Å². The first kappa shape index (κ1) is 52.1. The summed E-state index contributed by atoms with van der Waals surface area (Å²) in [5.74, 6) is 0.399. The molecule has 68 heavy (non-hydrogen) atoms. The van der Waals surface area contributed by atoms with Crippen LogP contribution in [0.2, 0.25) is 0 Å². The number of halogens is 3. The third-order valence-electron chi connectivity index (χ3n) is 13.5. The second-order valence-electron chi connectivity index (χ2n) is 18.0. The predicted molar refractivity (Wildman–Crippen MR) is 276 cm³/mol. The molecule has 0 amide bonds. The first-order valence-electron chi connectivity index (χ1n) is 25.3. The number of hydrogen-bond acceptors (Lipinski definition) is 5. The van der Waals surface area contributed by atoms with Crippen molar-refractivity contribution in [3.8, 4) is 5.75 Å². The minimum Gasteiger partial charge on any atom is -0.497 e. The molecule has 2 fully saturated rings. The first-order chi connectivity index (χ1) is 33.4.